The van der Waals surface area contributed by atoms with Crippen LogP contribution in [0.1, 0.15) is 6.92 Å². The van der Waals surface area contributed by atoms with E-state index in [0.29, 0.717) is 0 Å². The molecule has 0 aliphatic rings. The zero-order chi connectivity index (χ0) is 12.9. The summed E-state index contributed by atoms with van der Waals surface area (Å²) < 4.78 is 4.91. The summed E-state index contributed by atoms with van der Waals surface area (Å²) >= 11 is 0. The molecule has 0 spiro atoms. The van der Waals surface area contributed by atoms with E-state index in [1.807, 2.05) is 43.4 Å². The highest BCUT2D eigenvalue weighted by molar-refractivity contribution is 7.19. The van der Waals surface area contributed by atoms with Crippen LogP contribution in [0.2, 0.25) is 13.1 Å². The second-order valence-electron chi connectivity index (χ2n) is 4.16. The fraction of sp³-hybridized carbons (Fsp3) is 0.333. The molecule has 0 radical (unpaired) electrons. The van der Waals surface area contributed by atoms with Crippen LogP contribution in [-0.4, -0.2) is 30.8 Å². The molecule has 0 aliphatic heterocycles. The van der Waals surface area contributed by atoms with Gasteiger partial charge in [-0.3, -0.25) is 0 Å². The van der Waals surface area contributed by atoms with E-state index in [1.165, 1.54) is 0 Å². The number of rotatable bonds is 4. The van der Waals surface area contributed by atoms with Crippen molar-refractivity contribution in [2.24, 2.45) is 0 Å². The average molecular weight is 248 g/mol. The molecule has 1 rings (SSSR count). The molecule has 0 atom stereocenters. The van der Waals surface area contributed by atoms with E-state index in [1.54, 1.807) is 6.92 Å². The first-order chi connectivity index (χ1) is 8.04. The van der Waals surface area contributed by atoms with E-state index >= 15 is 0 Å². The molecule has 17 heavy (non-hydrogen) atoms. The van der Waals surface area contributed by atoms with Gasteiger partial charge in [0, 0.05) is 0 Å². The second kappa shape index (κ2) is 5.57. The van der Waals surface area contributed by atoms with Gasteiger partial charge in [-0.2, -0.15) is 4.79 Å². The number of ether oxygens (including phenoxy) is 1. The van der Waals surface area contributed by atoms with Gasteiger partial charge in [-0.05, 0) is 12.1 Å². The van der Waals surface area contributed by atoms with Crippen molar-refractivity contribution < 1.29 is 14.3 Å². The SMILES string of the molecule is CCOC(=O)C(=[N+]=[N-])[Si](C)(C)c1ccccc1. The Morgan fingerprint density at radius 3 is 2.41 bits per heavy atom. The first-order valence-electron chi connectivity index (χ1n) is 5.49. The molecule has 0 saturated carbocycles. The lowest BCUT2D eigenvalue weighted by molar-refractivity contribution is -0.139. The van der Waals surface area contributed by atoms with Crippen molar-refractivity contribution in [2.75, 3.05) is 6.61 Å². The minimum absolute atomic E-state index is 0.144. The summed E-state index contributed by atoms with van der Waals surface area (Å²) in [5.41, 5.74) is 9.04. The van der Waals surface area contributed by atoms with Crippen molar-refractivity contribution in [3.8, 4) is 0 Å². The molecule has 0 aromatic heterocycles. The van der Waals surface area contributed by atoms with E-state index in [0.717, 1.165) is 5.19 Å². The summed E-state index contributed by atoms with van der Waals surface area (Å²) in [5, 5.41) is 1.17. The van der Waals surface area contributed by atoms with E-state index in [-0.39, 0.29) is 11.9 Å². The van der Waals surface area contributed by atoms with Gasteiger partial charge >= 0.3 is 11.3 Å². The maximum atomic E-state index is 11.7. The van der Waals surface area contributed by atoms with Crippen molar-refractivity contribution in [3.05, 3.63) is 35.9 Å². The molecule has 0 fully saturated rings. The van der Waals surface area contributed by atoms with Crippen molar-refractivity contribution in [3.63, 3.8) is 0 Å². The lowest BCUT2D eigenvalue weighted by Gasteiger charge is -2.16. The Hall–Kier alpha value is -1.71. The number of hydrogen-bond donors (Lipinski definition) is 0. The number of carbonyl (C=O) groups is 1. The monoisotopic (exact) mass is 248 g/mol. The third-order valence-corrected chi connectivity index (χ3v) is 5.92. The predicted octanol–water partition coefficient (Wildman–Crippen LogP) is 1.38. The Labute approximate surface area is 102 Å². The summed E-state index contributed by atoms with van der Waals surface area (Å²) in [6.45, 7) is 5.91. The van der Waals surface area contributed by atoms with Gasteiger partial charge < -0.3 is 10.3 Å². The normalized spacial score (nSPS) is 10.5. The zero-order valence-electron chi connectivity index (χ0n) is 10.3. The van der Waals surface area contributed by atoms with Crippen LogP contribution in [0.5, 0.6) is 0 Å². The van der Waals surface area contributed by atoms with Gasteiger partial charge in [0.25, 0.3) is 0 Å². The van der Waals surface area contributed by atoms with Crippen molar-refractivity contribution in [1.82, 2.24) is 0 Å². The van der Waals surface area contributed by atoms with Crippen molar-refractivity contribution in [1.29, 1.82) is 0 Å². The number of carbonyl (C=O) groups excluding carboxylic acids is 1. The third kappa shape index (κ3) is 2.90. The molecular formula is C12H16N2O2Si. The maximum Gasteiger partial charge on any atom is 0.410 e. The van der Waals surface area contributed by atoms with Crippen molar-refractivity contribution in [2.45, 2.75) is 20.0 Å². The van der Waals surface area contributed by atoms with Crippen LogP contribution in [0.25, 0.3) is 5.53 Å². The quantitative estimate of drug-likeness (QED) is 0.266. The molecule has 0 N–H and O–H groups in total. The summed E-state index contributed by atoms with van der Waals surface area (Å²) in [4.78, 5) is 14.9. The highest BCUT2D eigenvalue weighted by Gasteiger charge is 2.43. The Balaban J connectivity index is 3.12. The molecule has 5 heteroatoms. The summed E-state index contributed by atoms with van der Waals surface area (Å²) in [5.74, 6) is -0.532. The Bertz CT molecular complexity index is 451. The third-order valence-electron chi connectivity index (χ3n) is 2.66. The lowest BCUT2D eigenvalue weighted by atomic mass is 10.4. The highest BCUT2D eigenvalue weighted by atomic mass is 28.3. The molecule has 0 heterocycles. The van der Waals surface area contributed by atoms with E-state index in [4.69, 9.17) is 10.3 Å². The van der Waals surface area contributed by atoms with Gasteiger partial charge in [-0.1, -0.05) is 43.4 Å². The predicted molar refractivity (Wildman–Crippen MR) is 68.8 cm³/mol. The average Bonchev–Trinajstić information content (AvgIpc) is 2.31. The van der Waals surface area contributed by atoms with Gasteiger partial charge in [0.05, 0.1) is 6.61 Å². The molecule has 0 bridgehead atoms. The number of nitrogens with zero attached hydrogens (tertiary/aromatic N) is 2. The molecule has 1 aromatic carbocycles. The summed E-state index contributed by atoms with van der Waals surface area (Å²) in [6, 6.07) is 9.61. The van der Waals surface area contributed by atoms with E-state index in [2.05, 4.69) is 4.79 Å². The number of benzene rings is 1. The largest absolute Gasteiger partial charge is 0.458 e. The van der Waals surface area contributed by atoms with Crippen LogP contribution in [0.15, 0.2) is 30.3 Å². The van der Waals surface area contributed by atoms with Gasteiger partial charge in [0.2, 0.25) is 8.07 Å². The van der Waals surface area contributed by atoms with Gasteiger partial charge in [-0.15, -0.1) is 0 Å². The standard InChI is InChI=1S/C12H16N2O2Si/c1-4-16-12(15)11(14-13)17(2,3)10-8-6-5-7-9-10/h5-9H,4H2,1-3H3. The van der Waals surface area contributed by atoms with Crippen molar-refractivity contribution >= 4 is 24.6 Å². The van der Waals surface area contributed by atoms with Crippen LogP contribution in [0.3, 0.4) is 0 Å². The van der Waals surface area contributed by atoms with Gasteiger partial charge in [0.15, 0.2) is 0 Å². The molecule has 0 saturated heterocycles. The molecule has 4 nitrogen and oxygen atoms in total. The van der Waals surface area contributed by atoms with Crippen LogP contribution < -0.4 is 5.19 Å². The topological polar surface area (TPSA) is 62.7 Å². The second-order valence-corrected chi connectivity index (χ2v) is 8.46. The van der Waals surface area contributed by atoms with E-state index in [9.17, 15) is 4.79 Å². The van der Waals surface area contributed by atoms with Crippen LogP contribution >= 0.6 is 0 Å². The minimum atomic E-state index is -2.28. The first kappa shape index (κ1) is 13.4. The molecular weight excluding hydrogens is 232 g/mol. The van der Waals surface area contributed by atoms with E-state index < -0.39 is 14.0 Å². The fourth-order valence-electron chi connectivity index (χ4n) is 1.61. The first-order valence-corrected chi connectivity index (χ1v) is 8.49. The molecule has 90 valence electrons. The number of esters is 1. The zero-order valence-corrected chi connectivity index (χ0v) is 11.3. The maximum absolute atomic E-state index is 11.7. The molecule has 0 amide bonds. The Morgan fingerprint density at radius 1 is 1.35 bits per heavy atom. The van der Waals surface area contributed by atoms with Crippen LogP contribution in [0.4, 0.5) is 0 Å². The van der Waals surface area contributed by atoms with Gasteiger partial charge in [-0.25, -0.2) is 4.79 Å². The van der Waals surface area contributed by atoms with Gasteiger partial charge in [0.1, 0.15) is 0 Å². The van der Waals surface area contributed by atoms with Crippen LogP contribution in [0, 0.1) is 0 Å². The molecule has 0 unspecified atom stereocenters. The highest BCUT2D eigenvalue weighted by Crippen LogP contribution is 2.06. The minimum Gasteiger partial charge on any atom is -0.458 e. The summed E-state index contributed by atoms with van der Waals surface area (Å²) in [6.07, 6.45) is 0. The molecule has 1 aromatic rings. The Kier molecular flexibility index (Phi) is 4.37. The number of hydrogen-bond acceptors (Lipinski definition) is 2. The smallest absolute Gasteiger partial charge is 0.410 e. The summed E-state index contributed by atoms with van der Waals surface area (Å²) in [7, 11) is -2.28. The molecule has 0 aliphatic carbocycles. The van der Waals surface area contributed by atoms with Crippen LogP contribution in [-0.2, 0) is 9.53 Å². The Morgan fingerprint density at radius 2 is 1.94 bits per heavy atom. The fourth-order valence-corrected chi connectivity index (χ4v) is 3.74. The lowest BCUT2D eigenvalue weighted by Crippen LogP contribution is -2.54.